The number of Topliss-reactive ketones (excluding diaryl/α,β-unsaturated/α-hetero) is 1. The first-order valence-electron chi connectivity index (χ1n) is 8.56. The summed E-state index contributed by atoms with van der Waals surface area (Å²) in [5.74, 6) is 1.66. The third kappa shape index (κ3) is 3.49. The van der Waals surface area contributed by atoms with Crippen molar-refractivity contribution in [1.82, 2.24) is 4.90 Å². The van der Waals surface area contributed by atoms with Crippen molar-refractivity contribution in [3.05, 3.63) is 0 Å². The van der Waals surface area contributed by atoms with Crippen LogP contribution in [0.25, 0.3) is 0 Å². The normalized spacial score (nSPS) is 30.2. The number of rotatable bonds is 2. The van der Waals surface area contributed by atoms with Crippen molar-refractivity contribution in [2.24, 2.45) is 23.2 Å². The number of likely N-dealkylation sites (tertiary alicyclic amines) is 1. The smallest absolute Gasteiger partial charge is 0.228 e. The van der Waals surface area contributed by atoms with Gasteiger partial charge in [-0.1, -0.05) is 53.9 Å². The fraction of sp³-hybridized carbons (Fsp3) is 0.889. The average molecular weight is 293 g/mol. The van der Waals surface area contributed by atoms with Gasteiger partial charge in [-0.05, 0) is 24.7 Å². The zero-order valence-electron chi connectivity index (χ0n) is 14.3. The lowest BCUT2D eigenvalue weighted by Crippen LogP contribution is -2.57. The molecule has 21 heavy (non-hydrogen) atoms. The van der Waals surface area contributed by atoms with E-state index >= 15 is 0 Å². The molecule has 1 heterocycles. The molecule has 0 radical (unpaired) electrons. The SMILES string of the molecule is CC(C)C(=O)C1CC2CCCCC2CN1C(=O)C(C)(C)C. The van der Waals surface area contributed by atoms with E-state index in [4.69, 9.17) is 0 Å². The Labute approximate surface area is 129 Å². The summed E-state index contributed by atoms with van der Waals surface area (Å²) in [7, 11) is 0. The summed E-state index contributed by atoms with van der Waals surface area (Å²) in [6.07, 6.45) is 5.92. The number of amides is 1. The molecule has 1 aliphatic carbocycles. The summed E-state index contributed by atoms with van der Waals surface area (Å²) in [5, 5.41) is 0. The van der Waals surface area contributed by atoms with Crippen molar-refractivity contribution in [3.8, 4) is 0 Å². The maximum absolute atomic E-state index is 12.8. The molecule has 3 atom stereocenters. The maximum atomic E-state index is 12.8. The van der Waals surface area contributed by atoms with Crippen LogP contribution in [0.15, 0.2) is 0 Å². The first kappa shape index (κ1) is 16.5. The van der Waals surface area contributed by atoms with Crippen molar-refractivity contribution in [3.63, 3.8) is 0 Å². The predicted molar refractivity (Wildman–Crippen MR) is 84.9 cm³/mol. The van der Waals surface area contributed by atoms with Crippen molar-refractivity contribution >= 4 is 11.7 Å². The highest BCUT2D eigenvalue weighted by Crippen LogP contribution is 2.40. The fourth-order valence-corrected chi connectivity index (χ4v) is 3.94. The molecular formula is C18H31NO2. The quantitative estimate of drug-likeness (QED) is 0.779. The van der Waals surface area contributed by atoms with E-state index < -0.39 is 5.41 Å². The van der Waals surface area contributed by atoms with Gasteiger partial charge in [-0.2, -0.15) is 0 Å². The molecule has 3 nitrogen and oxygen atoms in total. The van der Waals surface area contributed by atoms with Gasteiger partial charge in [0.25, 0.3) is 0 Å². The van der Waals surface area contributed by atoms with E-state index in [1.54, 1.807) is 0 Å². The lowest BCUT2D eigenvalue weighted by molar-refractivity contribution is -0.152. The third-order valence-corrected chi connectivity index (χ3v) is 5.20. The van der Waals surface area contributed by atoms with Gasteiger partial charge in [-0.25, -0.2) is 0 Å². The van der Waals surface area contributed by atoms with E-state index in [2.05, 4.69) is 0 Å². The van der Waals surface area contributed by atoms with Crippen LogP contribution in [0.4, 0.5) is 0 Å². The van der Waals surface area contributed by atoms with Crippen LogP contribution in [0.1, 0.15) is 66.7 Å². The lowest BCUT2D eigenvalue weighted by Gasteiger charge is -2.47. The molecule has 0 aromatic carbocycles. The Balaban J connectivity index is 2.24. The number of hydrogen-bond donors (Lipinski definition) is 0. The van der Waals surface area contributed by atoms with Gasteiger partial charge in [0.05, 0.1) is 6.04 Å². The average Bonchev–Trinajstić information content (AvgIpc) is 2.43. The summed E-state index contributed by atoms with van der Waals surface area (Å²) < 4.78 is 0. The van der Waals surface area contributed by atoms with Crippen LogP contribution < -0.4 is 0 Å². The van der Waals surface area contributed by atoms with Crippen LogP contribution in [0.2, 0.25) is 0 Å². The zero-order valence-corrected chi connectivity index (χ0v) is 14.3. The first-order valence-corrected chi connectivity index (χ1v) is 8.56. The van der Waals surface area contributed by atoms with Crippen molar-refractivity contribution in [2.75, 3.05) is 6.54 Å². The second kappa shape index (κ2) is 6.10. The van der Waals surface area contributed by atoms with Gasteiger partial charge in [0, 0.05) is 17.9 Å². The van der Waals surface area contributed by atoms with E-state index in [0.717, 1.165) is 13.0 Å². The minimum atomic E-state index is -0.406. The van der Waals surface area contributed by atoms with E-state index in [-0.39, 0.29) is 23.7 Å². The minimum absolute atomic E-state index is 0.00501. The van der Waals surface area contributed by atoms with E-state index in [1.165, 1.54) is 25.7 Å². The van der Waals surface area contributed by atoms with E-state index in [1.807, 2.05) is 39.5 Å². The van der Waals surface area contributed by atoms with Gasteiger partial charge in [0.1, 0.15) is 0 Å². The number of ketones is 1. The fourth-order valence-electron chi connectivity index (χ4n) is 3.94. The molecule has 1 amide bonds. The van der Waals surface area contributed by atoms with Crippen LogP contribution in [-0.4, -0.2) is 29.2 Å². The summed E-state index contributed by atoms with van der Waals surface area (Å²) in [6, 6.07) is -0.184. The second-order valence-electron chi connectivity index (χ2n) is 8.32. The minimum Gasteiger partial charge on any atom is -0.332 e. The van der Waals surface area contributed by atoms with E-state index in [0.29, 0.717) is 11.8 Å². The molecule has 1 aliphatic heterocycles. The Bertz CT molecular complexity index is 408. The Morgan fingerprint density at radius 3 is 2.14 bits per heavy atom. The Morgan fingerprint density at radius 2 is 1.62 bits per heavy atom. The monoisotopic (exact) mass is 293 g/mol. The summed E-state index contributed by atoms with van der Waals surface area (Å²) >= 11 is 0. The van der Waals surface area contributed by atoms with Crippen LogP contribution in [0.5, 0.6) is 0 Å². The maximum Gasteiger partial charge on any atom is 0.228 e. The lowest BCUT2D eigenvalue weighted by atomic mass is 9.71. The number of carbonyl (C=O) groups excluding carboxylic acids is 2. The predicted octanol–water partition coefficient (Wildman–Crippen LogP) is 3.66. The van der Waals surface area contributed by atoms with Crippen LogP contribution in [0, 0.1) is 23.2 Å². The van der Waals surface area contributed by atoms with Gasteiger partial charge in [0.15, 0.2) is 5.78 Å². The molecule has 2 rings (SSSR count). The molecule has 0 bridgehead atoms. The van der Waals surface area contributed by atoms with Crippen molar-refractivity contribution in [2.45, 2.75) is 72.8 Å². The molecule has 2 aliphatic rings. The van der Waals surface area contributed by atoms with E-state index in [9.17, 15) is 9.59 Å². The van der Waals surface area contributed by atoms with Gasteiger partial charge in [-0.15, -0.1) is 0 Å². The summed E-state index contributed by atoms with van der Waals surface area (Å²) in [4.78, 5) is 27.4. The van der Waals surface area contributed by atoms with Gasteiger partial charge in [-0.3, -0.25) is 9.59 Å². The first-order chi connectivity index (χ1) is 9.71. The third-order valence-electron chi connectivity index (χ3n) is 5.20. The molecule has 1 saturated heterocycles. The molecule has 1 saturated carbocycles. The molecule has 0 N–H and O–H groups in total. The van der Waals surface area contributed by atoms with Gasteiger partial charge >= 0.3 is 0 Å². The zero-order chi connectivity index (χ0) is 15.8. The number of piperidine rings is 1. The molecule has 3 heteroatoms. The highest BCUT2D eigenvalue weighted by Gasteiger charge is 2.44. The molecule has 0 aromatic rings. The summed E-state index contributed by atoms with van der Waals surface area (Å²) in [6.45, 7) is 10.6. The molecular weight excluding hydrogens is 262 g/mol. The Hall–Kier alpha value is -0.860. The second-order valence-corrected chi connectivity index (χ2v) is 8.32. The Morgan fingerprint density at radius 1 is 1.05 bits per heavy atom. The Kier molecular flexibility index (Phi) is 4.79. The largest absolute Gasteiger partial charge is 0.332 e. The molecule has 0 spiro atoms. The molecule has 3 unspecified atom stereocenters. The number of fused-ring (bicyclic) bond motifs is 1. The van der Waals surface area contributed by atoms with Crippen molar-refractivity contribution < 1.29 is 9.59 Å². The van der Waals surface area contributed by atoms with Gasteiger partial charge < -0.3 is 4.90 Å². The van der Waals surface area contributed by atoms with Gasteiger partial charge in [0.2, 0.25) is 5.91 Å². The molecule has 0 aromatic heterocycles. The standard InChI is InChI=1S/C18H31NO2/c1-12(2)16(20)15-10-13-8-6-7-9-14(13)11-19(15)17(21)18(3,4)5/h12-15H,6-11H2,1-5H3. The highest BCUT2D eigenvalue weighted by molar-refractivity contribution is 5.92. The topological polar surface area (TPSA) is 37.4 Å². The number of nitrogens with zero attached hydrogens (tertiary/aromatic N) is 1. The summed E-state index contributed by atoms with van der Waals surface area (Å²) in [5.41, 5.74) is -0.406. The molecule has 2 fully saturated rings. The number of hydrogen-bond acceptors (Lipinski definition) is 2. The van der Waals surface area contributed by atoms with Crippen LogP contribution in [-0.2, 0) is 9.59 Å². The number of carbonyl (C=O) groups is 2. The molecule has 120 valence electrons. The van der Waals surface area contributed by atoms with Crippen molar-refractivity contribution in [1.29, 1.82) is 0 Å². The van der Waals surface area contributed by atoms with Crippen LogP contribution in [0.3, 0.4) is 0 Å². The van der Waals surface area contributed by atoms with Crippen LogP contribution >= 0.6 is 0 Å². The highest BCUT2D eigenvalue weighted by atomic mass is 16.2.